The van der Waals surface area contributed by atoms with Gasteiger partial charge in [-0.1, -0.05) is 0 Å². The molecular weight excluding hydrogens is 236 g/mol. The van der Waals surface area contributed by atoms with E-state index in [0.717, 1.165) is 17.7 Å². The van der Waals surface area contributed by atoms with Crippen LogP contribution >= 0.6 is 0 Å². The standard InChI is InChI=1S/C13H9F2N3/c14-9-6-11-12(7-10(9)15)18-13(17-11)5-8-1-3-16-4-2-8/h1-4,6-7H,5H2,(H,17,18). The molecule has 0 unspecified atom stereocenters. The zero-order chi connectivity index (χ0) is 12.5. The summed E-state index contributed by atoms with van der Waals surface area (Å²) in [5.41, 5.74) is 1.96. The third-order valence-corrected chi connectivity index (χ3v) is 2.69. The van der Waals surface area contributed by atoms with Crippen molar-refractivity contribution in [1.29, 1.82) is 0 Å². The molecule has 1 N–H and O–H groups in total. The zero-order valence-corrected chi connectivity index (χ0v) is 9.32. The summed E-state index contributed by atoms with van der Waals surface area (Å²) in [6, 6.07) is 5.95. The summed E-state index contributed by atoms with van der Waals surface area (Å²) in [4.78, 5) is 11.1. The van der Waals surface area contributed by atoms with Gasteiger partial charge in [0.25, 0.3) is 0 Å². The second kappa shape index (κ2) is 4.18. The highest BCUT2D eigenvalue weighted by Gasteiger charge is 2.08. The molecular formula is C13H9F2N3. The van der Waals surface area contributed by atoms with Crippen LogP contribution in [0.1, 0.15) is 11.4 Å². The van der Waals surface area contributed by atoms with E-state index in [1.807, 2.05) is 12.1 Å². The first-order valence-corrected chi connectivity index (χ1v) is 5.45. The number of aromatic amines is 1. The van der Waals surface area contributed by atoms with Crippen LogP contribution in [-0.2, 0) is 6.42 Å². The summed E-state index contributed by atoms with van der Waals surface area (Å²) in [5, 5.41) is 0. The van der Waals surface area contributed by atoms with Gasteiger partial charge in [-0.05, 0) is 17.7 Å². The molecule has 0 saturated carbocycles. The van der Waals surface area contributed by atoms with Crippen LogP contribution in [0.4, 0.5) is 8.78 Å². The molecule has 3 aromatic rings. The fourth-order valence-corrected chi connectivity index (χ4v) is 1.84. The first-order valence-electron chi connectivity index (χ1n) is 5.45. The molecule has 18 heavy (non-hydrogen) atoms. The summed E-state index contributed by atoms with van der Waals surface area (Å²) in [7, 11) is 0. The predicted octanol–water partition coefficient (Wildman–Crippen LogP) is 2.83. The van der Waals surface area contributed by atoms with Gasteiger partial charge in [0, 0.05) is 30.9 Å². The van der Waals surface area contributed by atoms with Crippen molar-refractivity contribution >= 4 is 11.0 Å². The van der Waals surface area contributed by atoms with Gasteiger partial charge < -0.3 is 4.98 Å². The molecule has 0 saturated heterocycles. The van der Waals surface area contributed by atoms with E-state index >= 15 is 0 Å². The minimum absolute atomic E-state index is 0.429. The minimum atomic E-state index is -0.885. The first kappa shape index (κ1) is 10.8. The first-order chi connectivity index (χ1) is 8.72. The highest BCUT2D eigenvalue weighted by atomic mass is 19.2. The lowest BCUT2D eigenvalue weighted by atomic mass is 10.2. The highest BCUT2D eigenvalue weighted by molar-refractivity contribution is 5.75. The average molecular weight is 245 g/mol. The molecule has 0 aliphatic rings. The molecule has 3 rings (SSSR count). The van der Waals surface area contributed by atoms with Crippen molar-refractivity contribution in [3.8, 4) is 0 Å². The Bertz CT molecular complexity index is 653. The van der Waals surface area contributed by atoms with Gasteiger partial charge in [-0.15, -0.1) is 0 Å². The van der Waals surface area contributed by atoms with Crippen molar-refractivity contribution in [3.63, 3.8) is 0 Å². The van der Waals surface area contributed by atoms with Crippen molar-refractivity contribution in [3.05, 3.63) is 59.7 Å². The molecule has 0 aliphatic carbocycles. The van der Waals surface area contributed by atoms with E-state index in [1.165, 1.54) is 0 Å². The maximum absolute atomic E-state index is 13.1. The molecule has 5 heteroatoms. The van der Waals surface area contributed by atoms with Crippen LogP contribution in [-0.4, -0.2) is 15.0 Å². The fourth-order valence-electron chi connectivity index (χ4n) is 1.84. The van der Waals surface area contributed by atoms with Gasteiger partial charge >= 0.3 is 0 Å². The molecule has 0 radical (unpaired) electrons. The number of rotatable bonds is 2. The van der Waals surface area contributed by atoms with Crippen LogP contribution < -0.4 is 0 Å². The molecule has 0 bridgehead atoms. The summed E-state index contributed by atoms with van der Waals surface area (Å²) in [6.45, 7) is 0. The van der Waals surface area contributed by atoms with E-state index in [4.69, 9.17) is 0 Å². The third-order valence-electron chi connectivity index (χ3n) is 2.69. The van der Waals surface area contributed by atoms with Crippen molar-refractivity contribution in [1.82, 2.24) is 15.0 Å². The lowest BCUT2D eigenvalue weighted by Gasteiger charge is -1.95. The number of H-pyrrole nitrogens is 1. The summed E-state index contributed by atoms with van der Waals surface area (Å²) in [5.74, 6) is -1.09. The Kier molecular flexibility index (Phi) is 2.51. The molecule has 2 heterocycles. The number of imidazole rings is 1. The van der Waals surface area contributed by atoms with E-state index in [2.05, 4.69) is 15.0 Å². The lowest BCUT2D eigenvalue weighted by molar-refractivity contribution is 0.510. The van der Waals surface area contributed by atoms with Gasteiger partial charge in [0.15, 0.2) is 11.6 Å². The van der Waals surface area contributed by atoms with Crippen LogP contribution in [0.15, 0.2) is 36.7 Å². The topological polar surface area (TPSA) is 41.6 Å². The predicted molar refractivity (Wildman–Crippen MR) is 63.1 cm³/mol. The molecule has 1 aromatic carbocycles. The number of nitrogens with one attached hydrogen (secondary N) is 1. The maximum Gasteiger partial charge on any atom is 0.161 e. The van der Waals surface area contributed by atoms with Gasteiger partial charge in [0.2, 0.25) is 0 Å². The Hall–Kier alpha value is -2.30. The number of hydrogen-bond donors (Lipinski definition) is 1. The Morgan fingerprint density at radius 2 is 1.78 bits per heavy atom. The molecule has 0 fully saturated rings. The highest BCUT2D eigenvalue weighted by Crippen LogP contribution is 2.17. The Morgan fingerprint density at radius 1 is 1.06 bits per heavy atom. The Balaban J connectivity index is 1.99. The molecule has 90 valence electrons. The SMILES string of the molecule is Fc1cc2nc(Cc3ccncc3)[nH]c2cc1F. The third kappa shape index (κ3) is 1.95. The van der Waals surface area contributed by atoms with E-state index in [-0.39, 0.29) is 0 Å². The quantitative estimate of drug-likeness (QED) is 0.754. The van der Waals surface area contributed by atoms with Crippen LogP contribution in [0.2, 0.25) is 0 Å². The van der Waals surface area contributed by atoms with Gasteiger partial charge in [0.05, 0.1) is 11.0 Å². The van der Waals surface area contributed by atoms with Crippen molar-refractivity contribution in [2.75, 3.05) is 0 Å². The zero-order valence-electron chi connectivity index (χ0n) is 9.32. The van der Waals surface area contributed by atoms with Crippen molar-refractivity contribution < 1.29 is 8.78 Å². The monoisotopic (exact) mass is 245 g/mol. The lowest BCUT2D eigenvalue weighted by Crippen LogP contribution is -1.90. The van der Waals surface area contributed by atoms with Crippen LogP contribution in [0.3, 0.4) is 0 Å². The Morgan fingerprint density at radius 3 is 2.56 bits per heavy atom. The maximum atomic E-state index is 13.1. The van der Waals surface area contributed by atoms with Gasteiger partial charge in [-0.25, -0.2) is 13.8 Å². The van der Waals surface area contributed by atoms with Crippen molar-refractivity contribution in [2.24, 2.45) is 0 Å². The number of pyridine rings is 1. The molecule has 0 amide bonds. The number of halogens is 2. The van der Waals surface area contributed by atoms with E-state index in [1.54, 1.807) is 12.4 Å². The van der Waals surface area contributed by atoms with Crippen LogP contribution in [0, 0.1) is 11.6 Å². The summed E-state index contributed by atoms with van der Waals surface area (Å²) >= 11 is 0. The van der Waals surface area contributed by atoms with Gasteiger partial charge in [0.1, 0.15) is 5.82 Å². The largest absolute Gasteiger partial charge is 0.342 e. The second-order valence-corrected chi connectivity index (χ2v) is 4.00. The normalized spacial score (nSPS) is 11.0. The second-order valence-electron chi connectivity index (χ2n) is 4.00. The van der Waals surface area contributed by atoms with Crippen molar-refractivity contribution in [2.45, 2.75) is 6.42 Å². The number of benzene rings is 1. The molecule has 0 aliphatic heterocycles. The molecule has 2 aromatic heterocycles. The minimum Gasteiger partial charge on any atom is -0.342 e. The van der Waals surface area contributed by atoms with E-state index in [9.17, 15) is 8.78 Å². The van der Waals surface area contributed by atoms with Crippen LogP contribution in [0.25, 0.3) is 11.0 Å². The number of fused-ring (bicyclic) bond motifs is 1. The Labute approximate surface area is 102 Å². The molecule has 3 nitrogen and oxygen atoms in total. The smallest absolute Gasteiger partial charge is 0.161 e. The summed E-state index contributed by atoms with van der Waals surface area (Å²) in [6.07, 6.45) is 3.95. The number of aromatic nitrogens is 3. The van der Waals surface area contributed by atoms with Crippen LogP contribution in [0.5, 0.6) is 0 Å². The average Bonchev–Trinajstić information content (AvgIpc) is 2.72. The number of nitrogens with zero attached hydrogens (tertiary/aromatic N) is 2. The van der Waals surface area contributed by atoms with Gasteiger partial charge in [-0.3, -0.25) is 4.98 Å². The van der Waals surface area contributed by atoms with E-state index < -0.39 is 11.6 Å². The fraction of sp³-hybridized carbons (Fsp3) is 0.0769. The molecule has 0 atom stereocenters. The summed E-state index contributed by atoms with van der Waals surface area (Å²) < 4.78 is 26.1. The van der Waals surface area contributed by atoms with Gasteiger partial charge in [-0.2, -0.15) is 0 Å². The van der Waals surface area contributed by atoms with E-state index in [0.29, 0.717) is 23.3 Å². The number of hydrogen-bond acceptors (Lipinski definition) is 2. The molecule has 0 spiro atoms.